The van der Waals surface area contributed by atoms with Crippen LogP contribution in [0.4, 0.5) is 11.4 Å². The number of halogens is 2. The summed E-state index contributed by atoms with van der Waals surface area (Å²) in [7, 11) is 0. The van der Waals surface area contributed by atoms with Crippen molar-refractivity contribution in [1.29, 1.82) is 0 Å². The molecule has 0 aliphatic carbocycles. The van der Waals surface area contributed by atoms with Gasteiger partial charge in [0.25, 0.3) is 0 Å². The predicted octanol–water partition coefficient (Wildman–Crippen LogP) is 6.02. The van der Waals surface area contributed by atoms with Crippen molar-refractivity contribution >= 4 is 52.1 Å². The fraction of sp³-hybridized carbons (Fsp3) is 0.278. The number of anilines is 2. The average Bonchev–Trinajstić information content (AvgIpc) is 2.54. The molecule has 120 valence electrons. The summed E-state index contributed by atoms with van der Waals surface area (Å²) in [5.74, 6) is 0.974. The quantitative estimate of drug-likeness (QED) is 0.487. The summed E-state index contributed by atoms with van der Waals surface area (Å²) in [6.07, 6.45) is 0. The van der Waals surface area contributed by atoms with Gasteiger partial charge in [-0.1, -0.05) is 36.4 Å². The molecule has 0 radical (unpaired) electrons. The summed E-state index contributed by atoms with van der Waals surface area (Å²) in [6.45, 7) is 4.49. The molecule has 1 aliphatic rings. The first-order chi connectivity index (χ1) is 11.0. The average molecular weight is 366 g/mol. The molecule has 1 atom stereocenters. The Morgan fingerprint density at radius 3 is 2.48 bits per heavy atom. The van der Waals surface area contributed by atoms with Gasteiger partial charge < -0.3 is 4.90 Å². The van der Waals surface area contributed by atoms with Gasteiger partial charge in [0.15, 0.2) is 5.78 Å². The van der Waals surface area contributed by atoms with Gasteiger partial charge in [-0.05, 0) is 43.2 Å². The van der Waals surface area contributed by atoms with Crippen LogP contribution in [0.2, 0.25) is 5.02 Å². The maximum Gasteiger partial charge on any atom is 0.159 e. The standard InChI is InChI=1S/C18H17Cl2NOS/c1-11(9-19)10-21-15-7-13(12(2)22)3-5-17(15)23-18-6-4-14(20)8-16(18)21/h3-8,11H,9-10H2,1-2H3. The third-order valence-electron chi connectivity index (χ3n) is 3.85. The number of alkyl halides is 1. The van der Waals surface area contributed by atoms with Crippen molar-refractivity contribution in [2.45, 2.75) is 23.6 Å². The minimum Gasteiger partial charge on any atom is -0.339 e. The van der Waals surface area contributed by atoms with Crippen molar-refractivity contribution in [3.8, 4) is 0 Å². The monoisotopic (exact) mass is 365 g/mol. The highest BCUT2D eigenvalue weighted by atomic mass is 35.5. The topological polar surface area (TPSA) is 20.3 Å². The molecule has 1 heterocycles. The van der Waals surface area contributed by atoms with E-state index in [1.54, 1.807) is 18.7 Å². The highest BCUT2D eigenvalue weighted by Gasteiger charge is 2.25. The zero-order valence-electron chi connectivity index (χ0n) is 13.0. The Morgan fingerprint density at radius 2 is 1.83 bits per heavy atom. The Morgan fingerprint density at radius 1 is 1.17 bits per heavy atom. The van der Waals surface area contributed by atoms with Crippen molar-refractivity contribution in [2.24, 2.45) is 5.92 Å². The Hall–Kier alpha value is -1.16. The maximum atomic E-state index is 11.7. The molecule has 3 rings (SSSR count). The van der Waals surface area contributed by atoms with E-state index in [0.717, 1.165) is 28.4 Å². The summed E-state index contributed by atoms with van der Waals surface area (Å²) in [5, 5.41) is 0.707. The van der Waals surface area contributed by atoms with Gasteiger partial charge in [-0.2, -0.15) is 0 Å². The lowest BCUT2D eigenvalue weighted by Crippen LogP contribution is -2.27. The molecule has 0 N–H and O–H groups in total. The molecule has 0 spiro atoms. The molecular weight excluding hydrogens is 349 g/mol. The van der Waals surface area contributed by atoms with Crippen LogP contribution < -0.4 is 4.90 Å². The van der Waals surface area contributed by atoms with E-state index in [0.29, 0.717) is 16.8 Å². The number of nitrogens with zero attached hydrogens (tertiary/aromatic N) is 1. The van der Waals surface area contributed by atoms with Crippen molar-refractivity contribution < 1.29 is 4.79 Å². The van der Waals surface area contributed by atoms with E-state index in [2.05, 4.69) is 11.8 Å². The zero-order chi connectivity index (χ0) is 16.6. The first kappa shape index (κ1) is 16.7. The van der Waals surface area contributed by atoms with Gasteiger partial charge in [0.05, 0.1) is 11.4 Å². The molecule has 2 aromatic rings. The Kier molecular flexibility index (Phi) is 4.90. The van der Waals surface area contributed by atoms with Gasteiger partial charge in [0.2, 0.25) is 0 Å². The number of fused-ring (bicyclic) bond motifs is 2. The predicted molar refractivity (Wildman–Crippen MR) is 98.9 cm³/mol. The Bertz CT molecular complexity index is 763. The van der Waals surface area contributed by atoms with E-state index in [-0.39, 0.29) is 5.78 Å². The van der Waals surface area contributed by atoms with Gasteiger partial charge in [-0.3, -0.25) is 4.79 Å². The van der Waals surface area contributed by atoms with Crippen LogP contribution in [-0.4, -0.2) is 18.2 Å². The van der Waals surface area contributed by atoms with E-state index in [1.807, 2.05) is 36.4 Å². The minimum absolute atomic E-state index is 0.0695. The van der Waals surface area contributed by atoms with Crippen LogP contribution in [0.5, 0.6) is 0 Å². The number of carbonyl (C=O) groups is 1. The lowest BCUT2D eigenvalue weighted by molar-refractivity contribution is 0.101. The molecule has 0 aromatic heterocycles. The van der Waals surface area contributed by atoms with Gasteiger partial charge in [-0.25, -0.2) is 0 Å². The molecular formula is C18H17Cl2NOS. The summed E-state index contributed by atoms with van der Waals surface area (Å²) in [4.78, 5) is 16.3. The third kappa shape index (κ3) is 3.37. The fourth-order valence-electron chi connectivity index (χ4n) is 2.63. The zero-order valence-corrected chi connectivity index (χ0v) is 15.3. The van der Waals surface area contributed by atoms with E-state index >= 15 is 0 Å². The number of hydrogen-bond acceptors (Lipinski definition) is 3. The fourth-order valence-corrected chi connectivity index (χ4v) is 3.95. The van der Waals surface area contributed by atoms with Crippen LogP contribution in [0.15, 0.2) is 46.2 Å². The summed E-state index contributed by atoms with van der Waals surface area (Å²) in [6, 6.07) is 11.8. The highest BCUT2D eigenvalue weighted by molar-refractivity contribution is 7.99. The lowest BCUT2D eigenvalue weighted by Gasteiger charge is -2.34. The van der Waals surface area contributed by atoms with Crippen LogP contribution in [0.25, 0.3) is 0 Å². The van der Waals surface area contributed by atoms with Crippen molar-refractivity contribution in [1.82, 2.24) is 0 Å². The molecule has 0 saturated heterocycles. The van der Waals surface area contributed by atoms with Gasteiger partial charge in [0, 0.05) is 32.8 Å². The molecule has 23 heavy (non-hydrogen) atoms. The van der Waals surface area contributed by atoms with E-state index < -0.39 is 0 Å². The van der Waals surface area contributed by atoms with E-state index in [1.165, 1.54) is 4.90 Å². The molecule has 2 nitrogen and oxygen atoms in total. The van der Waals surface area contributed by atoms with Crippen LogP contribution in [0, 0.1) is 5.92 Å². The molecule has 5 heteroatoms. The van der Waals surface area contributed by atoms with E-state index in [4.69, 9.17) is 23.2 Å². The second kappa shape index (κ2) is 6.76. The van der Waals surface area contributed by atoms with Gasteiger partial charge in [-0.15, -0.1) is 11.6 Å². The first-order valence-electron chi connectivity index (χ1n) is 7.45. The van der Waals surface area contributed by atoms with Crippen molar-refractivity contribution in [3.63, 3.8) is 0 Å². The number of hydrogen-bond donors (Lipinski definition) is 0. The summed E-state index contributed by atoms with van der Waals surface area (Å²) in [5.41, 5.74) is 2.85. The van der Waals surface area contributed by atoms with Crippen molar-refractivity contribution in [3.05, 3.63) is 47.0 Å². The van der Waals surface area contributed by atoms with Gasteiger partial charge in [0.1, 0.15) is 0 Å². The molecule has 0 bridgehead atoms. The smallest absolute Gasteiger partial charge is 0.159 e. The van der Waals surface area contributed by atoms with Crippen LogP contribution in [0.3, 0.4) is 0 Å². The Balaban J connectivity index is 2.13. The highest BCUT2D eigenvalue weighted by Crippen LogP contribution is 2.49. The second-order valence-corrected chi connectivity index (χ2v) is 7.65. The number of carbonyl (C=O) groups excluding carboxylic acids is 1. The summed E-state index contributed by atoms with van der Waals surface area (Å²) >= 11 is 13.9. The molecule has 0 amide bonds. The number of rotatable bonds is 4. The normalized spacial score (nSPS) is 14.2. The largest absolute Gasteiger partial charge is 0.339 e. The molecule has 0 fully saturated rings. The molecule has 0 saturated carbocycles. The molecule has 1 unspecified atom stereocenters. The van der Waals surface area contributed by atoms with Crippen LogP contribution in [0.1, 0.15) is 24.2 Å². The summed E-state index contributed by atoms with van der Waals surface area (Å²) < 4.78 is 0. The van der Waals surface area contributed by atoms with Crippen LogP contribution in [-0.2, 0) is 0 Å². The van der Waals surface area contributed by atoms with Gasteiger partial charge >= 0.3 is 0 Å². The maximum absolute atomic E-state index is 11.7. The SMILES string of the molecule is CC(=O)c1ccc2c(c1)N(CC(C)CCl)c1cc(Cl)ccc1S2. The van der Waals surface area contributed by atoms with Crippen LogP contribution >= 0.6 is 35.0 Å². The number of benzene rings is 2. The molecule has 1 aliphatic heterocycles. The first-order valence-corrected chi connectivity index (χ1v) is 9.18. The van der Waals surface area contributed by atoms with Crippen molar-refractivity contribution in [2.75, 3.05) is 17.3 Å². The molecule has 2 aromatic carbocycles. The second-order valence-electron chi connectivity index (χ2n) is 5.82. The third-order valence-corrected chi connectivity index (χ3v) is 5.74. The lowest BCUT2D eigenvalue weighted by atomic mass is 10.1. The minimum atomic E-state index is 0.0695. The van der Waals surface area contributed by atoms with E-state index in [9.17, 15) is 4.79 Å². The number of Topliss-reactive ketones (excluding diaryl/α,β-unsaturated/α-hetero) is 1. The number of ketones is 1. The Labute approximate surface area is 150 Å².